The van der Waals surface area contributed by atoms with Crippen molar-refractivity contribution in [1.29, 1.82) is 0 Å². The largest absolute Gasteiger partial charge is 0.355 e. The summed E-state index contributed by atoms with van der Waals surface area (Å²) in [7, 11) is 0. The second-order valence-electron chi connectivity index (χ2n) is 9.13. The number of aromatic nitrogens is 1. The molecule has 0 aliphatic rings. The molecule has 2 aromatic carbocycles. The summed E-state index contributed by atoms with van der Waals surface area (Å²) in [5, 5.41) is 3.62. The zero-order valence-electron chi connectivity index (χ0n) is 21.0. The van der Waals surface area contributed by atoms with Crippen LogP contribution >= 0.6 is 23.5 Å². The quantitative estimate of drug-likeness (QED) is 0.304. The van der Waals surface area contributed by atoms with Crippen molar-refractivity contribution < 1.29 is 4.79 Å². The van der Waals surface area contributed by atoms with E-state index in [9.17, 15) is 4.79 Å². The van der Waals surface area contributed by atoms with E-state index in [0.717, 1.165) is 34.0 Å². The lowest BCUT2D eigenvalue weighted by atomic mass is 9.90. The average Bonchev–Trinajstić information content (AvgIpc) is 2.85. The molecule has 3 N–H and O–H groups in total. The highest BCUT2D eigenvalue weighted by Gasteiger charge is 2.30. The number of nitrogens with two attached hydrogens (primary N) is 1. The minimum absolute atomic E-state index is 0.0345. The second kappa shape index (κ2) is 12.5. The summed E-state index contributed by atoms with van der Waals surface area (Å²) in [6.07, 6.45) is 4.92. The Kier molecular flexibility index (Phi) is 9.75. The molecule has 3 aromatic rings. The Morgan fingerprint density at radius 2 is 1.94 bits per heavy atom. The van der Waals surface area contributed by atoms with E-state index in [0.29, 0.717) is 19.5 Å². The Balaban J connectivity index is 1.90. The highest BCUT2D eigenvalue weighted by Crippen LogP contribution is 2.40. The average molecular weight is 511 g/mol. The van der Waals surface area contributed by atoms with Gasteiger partial charge in [-0.2, -0.15) is 0 Å². The number of carbonyl (C=O) groups excluding carboxylic acids is 1. The van der Waals surface area contributed by atoms with Gasteiger partial charge in [0.15, 0.2) is 0 Å². The topological polar surface area (TPSA) is 71.2 Å². The molecule has 0 aliphatic heterocycles. The number of amides is 1. The molecular weight excluding hydrogens is 476 g/mol. The molecule has 0 radical (unpaired) electrons. The molecule has 5 nitrogen and oxygen atoms in total. The number of benzene rings is 2. The molecule has 1 amide bonds. The number of aryl methyl sites for hydroxylation is 1. The van der Waals surface area contributed by atoms with E-state index in [2.05, 4.69) is 71.8 Å². The molecule has 0 bridgehead atoms. The molecule has 3 rings (SSSR count). The number of halogens is 1. The van der Waals surface area contributed by atoms with Crippen LogP contribution in [0.5, 0.6) is 0 Å². The molecule has 0 fully saturated rings. The van der Waals surface area contributed by atoms with Crippen molar-refractivity contribution in [1.82, 2.24) is 14.6 Å². The first-order valence-electron chi connectivity index (χ1n) is 11.9. The van der Waals surface area contributed by atoms with Gasteiger partial charge in [-0.15, -0.1) is 0 Å². The number of carbonyl (C=O) groups is 1. The van der Waals surface area contributed by atoms with Gasteiger partial charge < -0.3 is 11.1 Å². The van der Waals surface area contributed by atoms with E-state index in [4.69, 9.17) is 17.3 Å². The maximum absolute atomic E-state index is 12.2. The molecular formula is C28H35ClN4OS. The van der Waals surface area contributed by atoms with Crippen LogP contribution in [0.2, 0.25) is 5.02 Å². The van der Waals surface area contributed by atoms with Crippen molar-refractivity contribution in [2.45, 2.75) is 51.0 Å². The van der Waals surface area contributed by atoms with Gasteiger partial charge in [-0.25, -0.2) is 4.31 Å². The summed E-state index contributed by atoms with van der Waals surface area (Å²) in [4.78, 5) is 17.5. The Morgan fingerprint density at radius 1 is 1.17 bits per heavy atom. The van der Waals surface area contributed by atoms with Crippen LogP contribution < -0.4 is 11.1 Å². The van der Waals surface area contributed by atoms with Crippen LogP contribution in [-0.2, 0) is 10.3 Å². The number of nitrogens with zero attached hydrogens (tertiary/aromatic N) is 2. The summed E-state index contributed by atoms with van der Waals surface area (Å²) >= 11 is 8.12. The van der Waals surface area contributed by atoms with Crippen LogP contribution in [0.15, 0.2) is 65.8 Å². The van der Waals surface area contributed by atoms with E-state index in [-0.39, 0.29) is 11.4 Å². The Morgan fingerprint density at radius 3 is 2.69 bits per heavy atom. The second-order valence-corrected chi connectivity index (χ2v) is 10.6. The minimum atomic E-state index is -0.315. The molecule has 0 atom stereocenters. The number of hydrogen-bond acceptors (Lipinski definition) is 5. The highest BCUT2D eigenvalue weighted by atomic mass is 35.5. The Hall–Kier alpha value is -2.38. The van der Waals surface area contributed by atoms with Crippen LogP contribution in [0, 0.1) is 13.8 Å². The first-order chi connectivity index (χ1) is 16.7. The van der Waals surface area contributed by atoms with Gasteiger partial charge in [-0.1, -0.05) is 35.9 Å². The van der Waals surface area contributed by atoms with Gasteiger partial charge in [0.1, 0.15) is 0 Å². The summed E-state index contributed by atoms with van der Waals surface area (Å²) in [5.41, 5.74) is 10.9. The summed E-state index contributed by atoms with van der Waals surface area (Å²) in [6, 6.07) is 16.7. The van der Waals surface area contributed by atoms with Gasteiger partial charge in [-0.05, 0) is 98.1 Å². The normalized spacial score (nSPS) is 11.6. The standard InChI is InChI=1S/C28H35ClN4OS/c1-20-19-31-15-13-24(20)22-8-5-9-23(18-22)28(3,4)33(17-7-12-27(34)32-16-14-30)35-26-11-6-10-25(29)21(26)2/h5-6,8-11,13,15,18-19H,7,12,14,16-17,30H2,1-4H3,(H,32,34). The van der Waals surface area contributed by atoms with Gasteiger partial charge in [0, 0.05) is 48.4 Å². The van der Waals surface area contributed by atoms with Gasteiger partial charge in [-0.3, -0.25) is 9.78 Å². The van der Waals surface area contributed by atoms with Crippen molar-refractivity contribution in [2.24, 2.45) is 5.73 Å². The minimum Gasteiger partial charge on any atom is -0.355 e. The van der Waals surface area contributed by atoms with E-state index in [1.807, 2.05) is 31.5 Å². The molecule has 1 heterocycles. The van der Waals surface area contributed by atoms with Crippen LogP contribution in [0.25, 0.3) is 11.1 Å². The third-order valence-electron chi connectivity index (χ3n) is 6.18. The molecule has 0 saturated carbocycles. The molecule has 0 saturated heterocycles. The van der Waals surface area contributed by atoms with Crippen molar-refractivity contribution in [2.75, 3.05) is 19.6 Å². The van der Waals surface area contributed by atoms with Gasteiger partial charge in [0.25, 0.3) is 0 Å². The van der Waals surface area contributed by atoms with Gasteiger partial charge in [0.05, 0.1) is 5.54 Å². The zero-order valence-corrected chi connectivity index (χ0v) is 22.5. The van der Waals surface area contributed by atoms with E-state index < -0.39 is 0 Å². The maximum Gasteiger partial charge on any atom is 0.220 e. The smallest absolute Gasteiger partial charge is 0.220 e. The molecule has 186 valence electrons. The van der Waals surface area contributed by atoms with Crippen molar-refractivity contribution in [3.05, 3.63) is 82.6 Å². The first kappa shape index (κ1) is 27.2. The lowest BCUT2D eigenvalue weighted by Gasteiger charge is -2.38. The van der Waals surface area contributed by atoms with Crippen molar-refractivity contribution in [3.63, 3.8) is 0 Å². The number of nitrogens with one attached hydrogen (secondary N) is 1. The van der Waals surface area contributed by atoms with E-state index in [1.165, 1.54) is 16.7 Å². The predicted octanol–water partition coefficient (Wildman–Crippen LogP) is 6.12. The Bertz CT molecular complexity index is 1150. The van der Waals surface area contributed by atoms with E-state index >= 15 is 0 Å². The predicted molar refractivity (Wildman–Crippen MR) is 147 cm³/mol. The fraction of sp³-hybridized carbons (Fsp3) is 0.357. The molecule has 7 heteroatoms. The maximum atomic E-state index is 12.2. The van der Waals surface area contributed by atoms with Crippen LogP contribution in [0.4, 0.5) is 0 Å². The SMILES string of the molecule is Cc1cnccc1-c1cccc(C(C)(C)N(CCCC(=O)NCCN)Sc2cccc(Cl)c2C)c1. The summed E-state index contributed by atoms with van der Waals surface area (Å²) in [5.74, 6) is 0.0345. The van der Waals surface area contributed by atoms with Crippen molar-refractivity contribution in [3.8, 4) is 11.1 Å². The summed E-state index contributed by atoms with van der Waals surface area (Å²) < 4.78 is 2.36. The van der Waals surface area contributed by atoms with Crippen molar-refractivity contribution >= 4 is 29.5 Å². The number of hydrogen-bond donors (Lipinski definition) is 2. The lowest BCUT2D eigenvalue weighted by Crippen LogP contribution is -2.38. The number of rotatable bonds is 11. The van der Waals surface area contributed by atoms with Crippen LogP contribution in [0.3, 0.4) is 0 Å². The van der Waals surface area contributed by atoms with Crippen LogP contribution in [-0.4, -0.2) is 34.8 Å². The highest BCUT2D eigenvalue weighted by molar-refractivity contribution is 7.97. The third kappa shape index (κ3) is 7.07. The molecule has 1 aromatic heterocycles. The Labute approximate surface area is 218 Å². The van der Waals surface area contributed by atoms with Crippen LogP contribution in [0.1, 0.15) is 43.4 Å². The molecule has 0 spiro atoms. The third-order valence-corrected chi connectivity index (χ3v) is 8.09. The molecule has 0 aliphatic carbocycles. The molecule has 35 heavy (non-hydrogen) atoms. The van der Waals surface area contributed by atoms with Gasteiger partial charge in [0.2, 0.25) is 5.91 Å². The molecule has 0 unspecified atom stereocenters. The fourth-order valence-electron chi connectivity index (χ4n) is 3.94. The van der Waals surface area contributed by atoms with Gasteiger partial charge >= 0.3 is 0 Å². The first-order valence-corrected chi connectivity index (χ1v) is 13.1. The van der Waals surface area contributed by atoms with E-state index in [1.54, 1.807) is 11.9 Å². The monoisotopic (exact) mass is 510 g/mol. The zero-order chi connectivity index (χ0) is 25.4. The lowest BCUT2D eigenvalue weighted by molar-refractivity contribution is -0.121. The summed E-state index contributed by atoms with van der Waals surface area (Å²) in [6.45, 7) is 10.3. The fourth-order valence-corrected chi connectivity index (χ4v) is 5.34. The number of pyridine rings is 1.